The quantitative estimate of drug-likeness (QED) is 0.927. The van der Waals surface area contributed by atoms with Crippen LogP contribution in [-0.4, -0.2) is 42.1 Å². The maximum absolute atomic E-state index is 12.8. The van der Waals surface area contributed by atoms with Crippen LogP contribution < -0.4 is 4.74 Å². The van der Waals surface area contributed by atoms with E-state index in [4.69, 9.17) is 4.74 Å². The molecule has 0 aliphatic carbocycles. The predicted octanol–water partition coefficient (Wildman–Crippen LogP) is 3.28. The molecule has 1 aliphatic rings. The molecule has 25 heavy (non-hydrogen) atoms. The van der Waals surface area contributed by atoms with Gasteiger partial charge in [-0.05, 0) is 48.2 Å². The third kappa shape index (κ3) is 3.60. The SMILES string of the molecule is COc1ccc2cc([C@H](C)C(=O)N3CCC[C@H](C(=O)O)C3)ccc2c1. The smallest absolute Gasteiger partial charge is 0.308 e. The Morgan fingerprint density at radius 3 is 2.64 bits per heavy atom. The van der Waals surface area contributed by atoms with Gasteiger partial charge in [0, 0.05) is 13.1 Å². The Labute approximate surface area is 147 Å². The van der Waals surface area contributed by atoms with Gasteiger partial charge in [0.15, 0.2) is 0 Å². The normalized spacial score (nSPS) is 18.8. The summed E-state index contributed by atoms with van der Waals surface area (Å²) in [6.07, 6.45) is 1.39. The number of ether oxygens (including phenoxy) is 1. The van der Waals surface area contributed by atoms with Gasteiger partial charge in [0.05, 0.1) is 18.9 Å². The number of methoxy groups -OCH3 is 1. The van der Waals surface area contributed by atoms with Crippen molar-refractivity contribution in [2.24, 2.45) is 5.92 Å². The summed E-state index contributed by atoms with van der Waals surface area (Å²) in [7, 11) is 1.64. The van der Waals surface area contributed by atoms with Crippen molar-refractivity contribution in [2.75, 3.05) is 20.2 Å². The number of hydrogen-bond acceptors (Lipinski definition) is 3. The molecule has 2 atom stereocenters. The Morgan fingerprint density at radius 1 is 1.20 bits per heavy atom. The van der Waals surface area contributed by atoms with E-state index in [-0.39, 0.29) is 11.8 Å². The molecule has 0 spiro atoms. The highest BCUT2D eigenvalue weighted by atomic mass is 16.5. The summed E-state index contributed by atoms with van der Waals surface area (Å²) in [6, 6.07) is 11.8. The number of amides is 1. The molecule has 1 N–H and O–H groups in total. The Morgan fingerprint density at radius 2 is 1.92 bits per heavy atom. The van der Waals surface area contributed by atoms with Crippen LogP contribution >= 0.6 is 0 Å². The van der Waals surface area contributed by atoms with Gasteiger partial charge in [0.25, 0.3) is 0 Å². The summed E-state index contributed by atoms with van der Waals surface area (Å²) in [5, 5.41) is 11.3. The molecule has 0 aromatic heterocycles. The molecule has 1 heterocycles. The van der Waals surface area contributed by atoms with E-state index in [1.54, 1.807) is 12.0 Å². The number of aliphatic carboxylic acids is 1. The monoisotopic (exact) mass is 341 g/mol. The standard InChI is InChI=1S/C20H23NO4/c1-13(19(22)21-9-3-4-17(12-21)20(23)24)14-5-6-16-11-18(25-2)8-7-15(16)10-14/h5-8,10-11,13,17H,3-4,9,12H2,1-2H3,(H,23,24)/t13-,17-/m0/s1. The first-order valence-corrected chi connectivity index (χ1v) is 8.59. The minimum absolute atomic E-state index is 0.00110. The van der Waals surface area contributed by atoms with E-state index in [0.717, 1.165) is 28.5 Å². The Hall–Kier alpha value is -2.56. The zero-order valence-electron chi connectivity index (χ0n) is 14.6. The van der Waals surface area contributed by atoms with Gasteiger partial charge in [0.1, 0.15) is 5.75 Å². The zero-order chi connectivity index (χ0) is 18.0. The van der Waals surface area contributed by atoms with Crippen LogP contribution in [-0.2, 0) is 9.59 Å². The van der Waals surface area contributed by atoms with Crippen LogP contribution in [0, 0.1) is 5.92 Å². The van der Waals surface area contributed by atoms with E-state index < -0.39 is 11.9 Å². The fourth-order valence-electron chi connectivity index (χ4n) is 3.43. The molecule has 132 valence electrons. The molecule has 1 saturated heterocycles. The van der Waals surface area contributed by atoms with Crippen molar-refractivity contribution in [3.63, 3.8) is 0 Å². The molecule has 2 aromatic carbocycles. The number of carbonyl (C=O) groups excluding carboxylic acids is 1. The van der Waals surface area contributed by atoms with Crippen LogP contribution in [0.25, 0.3) is 10.8 Å². The zero-order valence-corrected chi connectivity index (χ0v) is 14.6. The fourth-order valence-corrected chi connectivity index (χ4v) is 3.43. The third-order valence-corrected chi connectivity index (χ3v) is 5.02. The van der Waals surface area contributed by atoms with Crippen LogP contribution in [0.2, 0.25) is 0 Å². The predicted molar refractivity (Wildman–Crippen MR) is 95.9 cm³/mol. The van der Waals surface area contributed by atoms with E-state index in [9.17, 15) is 14.7 Å². The third-order valence-electron chi connectivity index (χ3n) is 5.02. The van der Waals surface area contributed by atoms with Gasteiger partial charge in [0.2, 0.25) is 5.91 Å². The second-order valence-electron chi connectivity index (χ2n) is 6.66. The number of likely N-dealkylation sites (tertiary alicyclic amines) is 1. The first-order chi connectivity index (χ1) is 12.0. The van der Waals surface area contributed by atoms with Gasteiger partial charge >= 0.3 is 5.97 Å². The number of carboxylic acid groups (broad SMARTS) is 1. The van der Waals surface area contributed by atoms with Gasteiger partial charge in [-0.25, -0.2) is 0 Å². The van der Waals surface area contributed by atoms with E-state index in [1.165, 1.54) is 0 Å². The lowest BCUT2D eigenvalue weighted by molar-refractivity contribution is -0.146. The van der Waals surface area contributed by atoms with E-state index in [1.807, 2.05) is 43.3 Å². The lowest BCUT2D eigenvalue weighted by atomic mass is 9.93. The minimum Gasteiger partial charge on any atom is -0.497 e. The average molecular weight is 341 g/mol. The number of benzene rings is 2. The lowest BCUT2D eigenvalue weighted by Gasteiger charge is -2.32. The molecule has 2 aromatic rings. The van der Waals surface area contributed by atoms with Gasteiger partial charge in [-0.15, -0.1) is 0 Å². The first kappa shape index (κ1) is 17.3. The van der Waals surface area contributed by atoms with Crippen molar-refractivity contribution in [3.05, 3.63) is 42.0 Å². The van der Waals surface area contributed by atoms with Crippen LogP contribution in [0.5, 0.6) is 5.75 Å². The van der Waals surface area contributed by atoms with Gasteiger partial charge in [-0.2, -0.15) is 0 Å². The topological polar surface area (TPSA) is 66.8 Å². The van der Waals surface area contributed by atoms with Crippen LogP contribution in [0.15, 0.2) is 36.4 Å². The summed E-state index contributed by atoms with van der Waals surface area (Å²) >= 11 is 0. The molecule has 0 unspecified atom stereocenters. The van der Waals surface area contributed by atoms with Crippen molar-refractivity contribution >= 4 is 22.6 Å². The maximum atomic E-state index is 12.8. The highest BCUT2D eigenvalue weighted by molar-refractivity contribution is 5.88. The first-order valence-electron chi connectivity index (χ1n) is 8.59. The van der Waals surface area contributed by atoms with Crippen LogP contribution in [0.3, 0.4) is 0 Å². The molecule has 5 heteroatoms. The van der Waals surface area contributed by atoms with Crippen molar-refractivity contribution < 1.29 is 19.4 Å². The van der Waals surface area contributed by atoms with Crippen molar-refractivity contribution in [2.45, 2.75) is 25.7 Å². The van der Waals surface area contributed by atoms with Gasteiger partial charge in [-0.1, -0.05) is 24.3 Å². The highest BCUT2D eigenvalue weighted by Gasteiger charge is 2.30. The fraction of sp³-hybridized carbons (Fsp3) is 0.400. The molecule has 5 nitrogen and oxygen atoms in total. The molecule has 0 radical (unpaired) electrons. The van der Waals surface area contributed by atoms with Gasteiger partial charge < -0.3 is 14.7 Å². The molecular formula is C20H23NO4. The summed E-state index contributed by atoms with van der Waals surface area (Å²) in [5.41, 5.74) is 0.945. The number of carboxylic acids is 1. The number of piperidine rings is 1. The minimum atomic E-state index is -0.815. The van der Waals surface area contributed by atoms with Crippen LogP contribution in [0.4, 0.5) is 0 Å². The van der Waals surface area contributed by atoms with Crippen molar-refractivity contribution in [1.82, 2.24) is 4.90 Å². The summed E-state index contributed by atoms with van der Waals surface area (Å²) in [4.78, 5) is 25.7. The van der Waals surface area contributed by atoms with Crippen LogP contribution in [0.1, 0.15) is 31.2 Å². The Kier molecular flexibility index (Phi) is 4.93. The van der Waals surface area contributed by atoms with E-state index in [0.29, 0.717) is 19.5 Å². The molecular weight excluding hydrogens is 318 g/mol. The second-order valence-corrected chi connectivity index (χ2v) is 6.66. The Bertz CT molecular complexity index is 801. The maximum Gasteiger partial charge on any atom is 0.308 e. The largest absolute Gasteiger partial charge is 0.497 e. The molecule has 1 aliphatic heterocycles. The summed E-state index contributed by atoms with van der Waals surface area (Å²) < 4.78 is 5.24. The number of fused-ring (bicyclic) bond motifs is 1. The average Bonchev–Trinajstić information content (AvgIpc) is 2.66. The molecule has 3 rings (SSSR count). The van der Waals surface area contributed by atoms with E-state index >= 15 is 0 Å². The summed E-state index contributed by atoms with van der Waals surface area (Å²) in [6.45, 7) is 2.83. The van der Waals surface area contributed by atoms with E-state index in [2.05, 4.69) is 0 Å². The van der Waals surface area contributed by atoms with Gasteiger partial charge in [-0.3, -0.25) is 9.59 Å². The molecule has 1 fully saturated rings. The van der Waals surface area contributed by atoms with Crippen molar-refractivity contribution in [3.8, 4) is 5.75 Å². The molecule has 0 saturated carbocycles. The number of carbonyl (C=O) groups is 2. The Balaban J connectivity index is 1.79. The summed E-state index contributed by atoms with van der Waals surface area (Å²) in [5.74, 6) is -0.756. The van der Waals surface area contributed by atoms with Crippen molar-refractivity contribution in [1.29, 1.82) is 0 Å². The number of hydrogen-bond donors (Lipinski definition) is 1. The highest BCUT2D eigenvalue weighted by Crippen LogP contribution is 2.27. The second kappa shape index (κ2) is 7.13. The number of nitrogens with zero attached hydrogens (tertiary/aromatic N) is 1. The molecule has 1 amide bonds. The molecule has 0 bridgehead atoms. The number of rotatable bonds is 4. The lowest BCUT2D eigenvalue weighted by Crippen LogP contribution is -2.43.